The molecule has 8 bridgehead atoms. The third kappa shape index (κ3) is 4.50. The first kappa shape index (κ1) is 27.4. The number of rotatable bonds is 4. The van der Waals surface area contributed by atoms with Gasteiger partial charge in [-0.1, -0.05) is 49.9 Å². The van der Waals surface area contributed by atoms with E-state index in [4.69, 9.17) is 9.97 Å². The predicted octanol–water partition coefficient (Wildman–Crippen LogP) is 6.45. The number of fused-ring (bicyclic) bond motifs is 8. The summed E-state index contributed by atoms with van der Waals surface area (Å²) in [4.78, 5) is 17.7. The van der Waals surface area contributed by atoms with Crippen molar-refractivity contribution in [1.29, 1.82) is 0 Å². The van der Waals surface area contributed by atoms with Gasteiger partial charge in [-0.3, -0.25) is 0 Å². The molecule has 0 saturated carbocycles. The van der Waals surface area contributed by atoms with E-state index < -0.39 is 0 Å². The predicted molar refractivity (Wildman–Crippen MR) is 156 cm³/mol. The molecule has 0 aromatic carbocycles. The molecule has 2 aliphatic heterocycles. The summed E-state index contributed by atoms with van der Waals surface area (Å²) >= 11 is 0. The van der Waals surface area contributed by atoms with Crippen LogP contribution in [0.1, 0.15) is 99.4 Å². The Morgan fingerprint density at radius 2 is 0.865 bits per heavy atom. The normalized spacial score (nSPS) is 13.4. The molecule has 0 unspecified atom stereocenters. The van der Waals surface area contributed by atoms with Gasteiger partial charge in [-0.15, -0.1) is 22.1 Å². The number of hydrogen-bond acceptors (Lipinski definition) is 0. The minimum atomic E-state index is 0. The molecule has 0 saturated heterocycles. The maximum absolute atomic E-state index is 5.15. The van der Waals surface area contributed by atoms with Crippen LogP contribution in [0, 0.1) is 13.8 Å². The molecule has 3 aromatic rings. The molecule has 0 atom stereocenters. The maximum Gasteiger partial charge on any atom is 2.00 e. The molecule has 0 aliphatic carbocycles. The number of aromatic amines is 2. The minimum absolute atomic E-state index is 0. The quantitative estimate of drug-likeness (QED) is 0.385. The van der Waals surface area contributed by atoms with Gasteiger partial charge in [0.2, 0.25) is 22.8 Å². The fraction of sp³-hybridized carbons (Fsp3) is 0.375. The van der Waals surface area contributed by atoms with E-state index in [0.717, 1.165) is 70.5 Å². The summed E-state index contributed by atoms with van der Waals surface area (Å²) in [6.07, 6.45) is 3.86. The monoisotopic (exact) mass is 502 g/mol. The van der Waals surface area contributed by atoms with Gasteiger partial charge in [0.05, 0.1) is 0 Å². The van der Waals surface area contributed by atoms with Crippen LogP contribution in [0.5, 0.6) is 0 Å². The molecule has 0 radical (unpaired) electrons. The molecule has 0 fully saturated rings. The van der Waals surface area contributed by atoms with Crippen molar-refractivity contribution in [3.8, 4) is 0 Å². The van der Waals surface area contributed by atoms with Crippen LogP contribution in [-0.2, 0) is 12.8 Å². The van der Waals surface area contributed by atoms with Crippen molar-refractivity contribution in [2.45, 2.75) is 81.1 Å². The van der Waals surface area contributed by atoms with E-state index in [1.165, 1.54) is 44.5 Å². The molecule has 5 rings (SSSR count). The summed E-state index contributed by atoms with van der Waals surface area (Å²) in [6, 6.07) is 8.98. The van der Waals surface area contributed by atoms with Crippen molar-refractivity contribution in [3.05, 3.63) is 69.3 Å². The molecule has 2 aliphatic rings. The Labute approximate surface area is 236 Å². The molecule has 2 N–H and O–H groups in total. The van der Waals surface area contributed by atoms with Crippen LogP contribution in [-0.4, -0.2) is 23.1 Å². The molecular weight excluding hydrogens is 465 g/mol. The molecule has 186 valence electrons. The molecule has 3 aromatic heterocycles. The van der Waals surface area contributed by atoms with Gasteiger partial charge in [0.25, 0.3) is 0 Å². The zero-order valence-corrected chi connectivity index (χ0v) is 25.2. The summed E-state index contributed by atoms with van der Waals surface area (Å²) in [5.41, 5.74) is 19.3. The van der Waals surface area contributed by atoms with Crippen LogP contribution in [0.4, 0.5) is 0 Å². The van der Waals surface area contributed by atoms with Crippen molar-refractivity contribution < 1.29 is 9.97 Å². The van der Waals surface area contributed by atoms with Crippen LogP contribution in [0.15, 0.2) is 24.3 Å². The molecule has 5 heterocycles. The van der Waals surface area contributed by atoms with Crippen molar-refractivity contribution >= 4 is 67.4 Å². The first-order valence-electron chi connectivity index (χ1n) is 13.4. The molecule has 4 nitrogen and oxygen atoms in total. The van der Waals surface area contributed by atoms with Crippen molar-refractivity contribution in [2.75, 3.05) is 0 Å². The SMILES string of the molecule is CCC1=C(C)c2cc3[n-]c(cc4[nH+]c(cc5[n-]c(cc1[nH+]2)c(C)c5CC)C(C)=C4CC)c(CC)c3C.[Mg+2]. The van der Waals surface area contributed by atoms with Crippen LogP contribution >= 0.6 is 0 Å². The van der Waals surface area contributed by atoms with E-state index in [9.17, 15) is 0 Å². The zero-order chi connectivity index (χ0) is 25.7. The number of nitrogens with zero attached hydrogens (tertiary/aromatic N) is 2. The van der Waals surface area contributed by atoms with Crippen LogP contribution in [0.25, 0.3) is 44.4 Å². The minimum Gasteiger partial charge on any atom is -0.657 e. The average molecular weight is 503 g/mol. The number of allylic oxidation sites excluding steroid dienone is 4. The topological polar surface area (TPSA) is 56.5 Å². The summed E-state index contributed by atoms with van der Waals surface area (Å²) in [6.45, 7) is 17.8. The number of hydrogen-bond donors (Lipinski definition) is 0. The fourth-order valence-corrected chi connectivity index (χ4v) is 6.02. The Bertz CT molecular complexity index is 1610. The zero-order valence-electron chi connectivity index (χ0n) is 23.7. The molecule has 5 heteroatoms. The van der Waals surface area contributed by atoms with E-state index >= 15 is 0 Å². The van der Waals surface area contributed by atoms with E-state index in [0.29, 0.717) is 0 Å². The second-order valence-corrected chi connectivity index (χ2v) is 10.1. The van der Waals surface area contributed by atoms with Gasteiger partial charge < -0.3 is 9.97 Å². The number of aromatic nitrogens is 4. The maximum atomic E-state index is 5.15. The largest absolute Gasteiger partial charge is 2.00 e. The van der Waals surface area contributed by atoms with E-state index in [2.05, 4.69) is 89.6 Å². The van der Waals surface area contributed by atoms with Gasteiger partial charge in [0, 0.05) is 22.3 Å². The average Bonchev–Trinajstić information content (AvgIpc) is 3.51. The van der Waals surface area contributed by atoms with Gasteiger partial charge in [0.1, 0.15) is 0 Å². The molecule has 37 heavy (non-hydrogen) atoms. The summed E-state index contributed by atoms with van der Waals surface area (Å²) < 4.78 is 0. The van der Waals surface area contributed by atoms with Gasteiger partial charge in [-0.25, -0.2) is 9.97 Å². The van der Waals surface area contributed by atoms with Crippen LogP contribution < -0.4 is 19.9 Å². The number of aryl methyl sites for hydroxylation is 4. The van der Waals surface area contributed by atoms with Gasteiger partial charge in [-0.2, -0.15) is 0 Å². The Balaban J connectivity index is 0.00000320. The third-order valence-corrected chi connectivity index (χ3v) is 8.21. The van der Waals surface area contributed by atoms with E-state index in [1.54, 1.807) is 0 Å². The summed E-state index contributed by atoms with van der Waals surface area (Å²) in [5.74, 6) is 0. The third-order valence-electron chi connectivity index (χ3n) is 8.21. The second-order valence-electron chi connectivity index (χ2n) is 10.1. The smallest absolute Gasteiger partial charge is 0.657 e. The Kier molecular flexibility index (Phi) is 7.87. The summed E-state index contributed by atoms with van der Waals surface area (Å²) in [5, 5.41) is 0. The second kappa shape index (κ2) is 10.6. The van der Waals surface area contributed by atoms with Gasteiger partial charge in [-0.05, 0) is 77.6 Å². The standard InChI is InChI=1S/C32H36N4.Mg/c1-9-21-17(5)25-13-26-18(6)23(11-3)31(34-26)16-32-24(12-4)20(8)28(36-32)15-30-22(10-2)19(7)27(35-30)14-29(21)33-25;/h13-16H,9-12H2,1-8H3;/q-2;+2/p+2. The molecule has 0 amide bonds. The summed E-state index contributed by atoms with van der Waals surface area (Å²) in [7, 11) is 0. The van der Waals surface area contributed by atoms with Crippen molar-refractivity contribution in [2.24, 2.45) is 0 Å². The fourth-order valence-electron chi connectivity index (χ4n) is 6.02. The van der Waals surface area contributed by atoms with Gasteiger partial charge in [0.15, 0.2) is 0 Å². The van der Waals surface area contributed by atoms with Crippen molar-refractivity contribution in [3.63, 3.8) is 0 Å². The first-order valence-corrected chi connectivity index (χ1v) is 13.4. The van der Waals surface area contributed by atoms with E-state index in [-0.39, 0.29) is 23.1 Å². The molecule has 0 spiro atoms. The van der Waals surface area contributed by atoms with Crippen LogP contribution in [0.2, 0.25) is 0 Å². The number of nitrogens with one attached hydrogen (secondary N) is 2. The van der Waals surface area contributed by atoms with E-state index in [1.807, 2.05) is 0 Å². The Hall–Kier alpha value is -2.63. The Morgan fingerprint density at radius 1 is 0.514 bits per heavy atom. The molecular formula is C32H38MgN4+2. The number of H-pyrrole nitrogens is 2. The van der Waals surface area contributed by atoms with Crippen LogP contribution in [0.3, 0.4) is 0 Å². The Morgan fingerprint density at radius 3 is 1.24 bits per heavy atom. The van der Waals surface area contributed by atoms with Crippen molar-refractivity contribution in [1.82, 2.24) is 9.97 Å². The van der Waals surface area contributed by atoms with Gasteiger partial charge >= 0.3 is 23.1 Å². The first-order chi connectivity index (χ1) is 17.3.